The molecule has 3 aromatic carbocycles. The molecule has 2 aliphatic heterocycles. The Labute approximate surface area is 206 Å². The minimum atomic E-state index is -3.49. The Morgan fingerprint density at radius 1 is 1.03 bits per heavy atom. The lowest BCUT2D eigenvalue weighted by Crippen LogP contribution is -2.56. The van der Waals surface area contributed by atoms with Crippen LogP contribution in [0, 0.1) is 12.7 Å². The zero-order valence-corrected chi connectivity index (χ0v) is 20.9. The van der Waals surface area contributed by atoms with Gasteiger partial charge in [0.1, 0.15) is 11.6 Å². The molecule has 2 saturated heterocycles. The number of likely N-dealkylation sites (tertiary alicyclic amines) is 1. The van der Waals surface area contributed by atoms with E-state index in [-0.39, 0.29) is 17.5 Å². The standard InChI is InChI=1S/C28H31FN2O3S/c1-20-6-3-4-9-25(20)26-16-22(10-11-27(26)32)19-30-14-12-28(18-21(30)2)13-15-35(33,34)31(28)24-8-5-7-23(29)17-24/h3-11,16-17,21,32H,12-15,18-19H2,1-2H3/t21-,28-/m0/s1. The summed E-state index contributed by atoms with van der Waals surface area (Å²) in [6.07, 6.45) is 1.93. The Morgan fingerprint density at radius 3 is 2.57 bits per heavy atom. The first-order valence-electron chi connectivity index (χ1n) is 12.1. The summed E-state index contributed by atoms with van der Waals surface area (Å²) in [6, 6.07) is 19.8. The lowest BCUT2D eigenvalue weighted by atomic mass is 9.81. The lowest BCUT2D eigenvalue weighted by molar-refractivity contribution is 0.102. The van der Waals surface area contributed by atoms with E-state index in [1.165, 1.54) is 16.4 Å². The lowest BCUT2D eigenvalue weighted by Gasteiger charge is -2.47. The van der Waals surface area contributed by atoms with Gasteiger partial charge in [0.2, 0.25) is 10.0 Å². The van der Waals surface area contributed by atoms with Crippen LogP contribution in [0.4, 0.5) is 10.1 Å². The van der Waals surface area contributed by atoms with Gasteiger partial charge in [-0.05, 0) is 80.1 Å². The van der Waals surface area contributed by atoms with E-state index >= 15 is 0 Å². The van der Waals surface area contributed by atoms with Gasteiger partial charge in [-0.1, -0.05) is 36.4 Å². The average Bonchev–Trinajstić information content (AvgIpc) is 3.07. The first-order chi connectivity index (χ1) is 16.7. The molecule has 1 N–H and O–H groups in total. The van der Waals surface area contributed by atoms with Crippen molar-refractivity contribution in [1.82, 2.24) is 4.90 Å². The number of phenols is 1. The zero-order valence-electron chi connectivity index (χ0n) is 20.1. The van der Waals surface area contributed by atoms with Crippen molar-refractivity contribution in [1.29, 1.82) is 0 Å². The summed E-state index contributed by atoms with van der Waals surface area (Å²) in [5.41, 5.74) is 3.94. The minimum Gasteiger partial charge on any atom is -0.507 e. The molecule has 0 radical (unpaired) electrons. The van der Waals surface area contributed by atoms with Crippen LogP contribution in [0.25, 0.3) is 11.1 Å². The smallest absolute Gasteiger partial charge is 0.235 e. The minimum absolute atomic E-state index is 0.0913. The molecule has 0 bridgehead atoms. The summed E-state index contributed by atoms with van der Waals surface area (Å²) in [5, 5.41) is 10.5. The van der Waals surface area contributed by atoms with Gasteiger partial charge in [-0.25, -0.2) is 12.8 Å². The number of phenolic OH excluding ortho intramolecular Hbond substituents is 1. The fraction of sp³-hybridized carbons (Fsp3) is 0.357. The Kier molecular flexibility index (Phi) is 6.09. The van der Waals surface area contributed by atoms with E-state index in [1.807, 2.05) is 43.3 Å². The van der Waals surface area contributed by atoms with Crippen molar-refractivity contribution in [2.45, 2.75) is 51.2 Å². The second-order valence-electron chi connectivity index (χ2n) is 9.97. The molecular weight excluding hydrogens is 463 g/mol. The molecule has 5 nitrogen and oxygen atoms in total. The molecule has 0 aromatic heterocycles. The van der Waals surface area contributed by atoms with Crippen LogP contribution < -0.4 is 4.31 Å². The molecule has 7 heteroatoms. The van der Waals surface area contributed by atoms with Gasteiger partial charge in [-0.3, -0.25) is 9.21 Å². The highest BCUT2D eigenvalue weighted by Gasteiger charge is 2.52. The second kappa shape index (κ2) is 8.95. The monoisotopic (exact) mass is 494 g/mol. The first kappa shape index (κ1) is 23.8. The van der Waals surface area contributed by atoms with Gasteiger partial charge in [0.25, 0.3) is 0 Å². The van der Waals surface area contributed by atoms with Crippen LogP contribution in [0.15, 0.2) is 66.7 Å². The van der Waals surface area contributed by atoms with Crippen LogP contribution in [-0.4, -0.2) is 42.3 Å². The molecule has 0 amide bonds. The van der Waals surface area contributed by atoms with E-state index in [2.05, 4.69) is 11.8 Å². The number of hydrogen-bond donors (Lipinski definition) is 1. The number of benzene rings is 3. The van der Waals surface area contributed by atoms with Gasteiger partial charge in [0, 0.05) is 24.7 Å². The fourth-order valence-electron chi connectivity index (χ4n) is 5.85. The summed E-state index contributed by atoms with van der Waals surface area (Å²) in [6.45, 7) is 5.62. The molecule has 5 rings (SSSR count). The predicted molar refractivity (Wildman–Crippen MR) is 137 cm³/mol. The largest absolute Gasteiger partial charge is 0.507 e. The molecule has 1 spiro atoms. The van der Waals surface area contributed by atoms with Crippen LogP contribution in [0.5, 0.6) is 5.75 Å². The number of halogens is 1. The number of rotatable bonds is 4. The molecule has 2 fully saturated rings. The number of aromatic hydroxyl groups is 1. The van der Waals surface area contributed by atoms with Gasteiger partial charge < -0.3 is 5.11 Å². The fourth-order valence-corrected chi connectivity index (χ4v) is 7.95. The number of nitrogens with zero attached hydrogens (tertiary/aromatic N) is 2. The number of piperidine rings is 1. The molecule has 2 heterocycles. The Bertz CT molecular complexity index is 1360. The van der Waals surface area contributed by atoms with E-state index in [4.69, 9.17) is 0 Å². The molecule has 0 aliphatic carbocycles. The number of anilines is 1. The van der Waals surface area contributed by atoms with E-state index < -0.39 is 21.4 Å². The third-order valence-corrected chi connectivity index (χ3v) is 9.50. The predicted octanol–water partition coefficient (Wildman–Crippen LogP) is 5.47. The number of aryl methyl sites for hydroxylation is 1. The Hall–Kier alpha value is -2.90. The van der Waals surface area contributed by atoms with Crippen molar-refractivity contribution < 1.29 is 17.9 Å². The van der Waals surface area contributed by atoms with E-state index in [0.29, 0.717) is 31.5 Å². The topological polar surface area (TPSA) is 60.9 Å². The molecule has 2 aliphatic rings. The Morgan fingerprint density at radius 2 is 1.83 bits per heavy atom. The highest BCUT2D eigenvalue weighted by molar-refractivity contribution is 7.93. The normalized spacial score (nSPS) is 24.2. The van der Waals surface area contributed by atoms with Crippen molar-refractivity contribution in [3.8, 4) is 16.9 Å². The highest BCUT2D eigenvalue weighted by Crippen LogP contribution is 2.45. The maximum Gasteiger partial charge on any atom is 0.235 e. The van der Waals surface area contributed by atoms with Gasteiger partial charge in [0.15, 0.2) is 0 Å². The maximum atomic E-state index is 14.0. The maximum absolute atomic E-state index is 14.0. The average molecular weight is 495 g/mol. The summed E-state index contributed by atoms with van der Waals surface area (Å²) < 4.78 is 41.5. The molecule has 35 heavy (non-hydrogen) atoms. The summed E-state index contributed by atoms with van der Waals surface area (Å²) in [4.78, 5) is 2.37. The van der Waals surface area contributed by atoms with Crippen molar-refractivity contribution in [2.75, 3.05) is 16.6 Å². The molecule has 3 aromatic rings. The first-order valence-corrected chi connectivity index (χ1v) is 13.7. The van der Waals surface area contributed by atoms with Crippen LogP contribution in [0.2, 0.25) is 0 Å². The van der Waals surface area contributed by atoms with Crippen LogP contribution in [-0.2, 0) is 16.6 Å². The van der Waals surface area contributed by atoms with E-state index in [0.717, 1.165) is 28.8 Å². The van der Waals surface area contributed by atoms with E-state index in [1.54, 1.807) is 18.2 Å². The third-order valence-electron chi connectivity index (χ3n) is 7.62. The van der Waals surface area contributed by atoms with Gasteiger partial charge in [-0.15, -0.1) is 0 Å². The van der Waals surface area contributed by atoms with Gasteiger partial charge >= 0.3 is 0 Å². The van der Waals surface area contributed by atoms with Crippen LogP contribution >= 0.6 is 0 Å². The highest BCUT2D eigenvalue weighted by atomic mass is 32.2. The molecule has 0 saturated carbocycles. The summed E-state index contributed by atoms with van der Waals surface area (Å²) in [5.74, 6) is -0.0776. The van der Waals surface area contributed by atoms with E-state index in [9.17, 15) is 17.9 Å². The van der Waals surface area contributed by atoms with Gasteiger partial charge in [0.05, 0.1) is 17.0 Å². The van der Waals surface area contributed by atoms with Crippen molar-refractivity contribution in [2.24, 2.45) is 0 Å². The summed E-state index contributed by atoms with van der Waals surface area (Å²) >= 11 is 0. The van der Waals surface area contributed by atoms with Crippen LogP contribution in [0.1, 0.15) is 37.3 Å². The number of sulfonamides is 1. The second-order valence-corrected chi connectivity index (χ2v) is 11.9. The van der Waals surface area contributed by atoms with Gasteiger partial charge in [-0.2, -0.15) is 0 Å². The van der Waals surface area contributed by atoms with Crippen molar-refractivity contribution in [3.63, 3.8) is 0 Å². The zero-order chi connectivity index (χ0) is 24.8. The molecular formula is C28H31FN2O3S. The third kappa shape index (κ3) is 4.43. The quantitative estimate of drug-likeness (QED) is 0.523. The Balaban J connectivity index is 1.38. The molecule has 0 unspecified atom stereocenters. The van der Waals surface area contributed by atoms with Crippen molar-refractivity contribution in [3.05, 3.63) is 83.7 Å². The number of hydrogen-bond acceptors (Lipinski definition) is 4. The SMILES string of the molecule is Cc1ccccc1-c1cc(CN2CC[C@]3(CCS(=O)(=O)N3c3cccc(F)c3)C[C@@H]2C)ccc1O. The van der Waals surface area contributed by atoms with Crippen molar-refractivity contribution >= 4 is 15.7 Å². The molecule has 184 valence electrons. The molecule has 2 atom stereocenters. The van der Waals surface area contributed by atoms with Crippen LogP contribution in [0.3, 0.4) is 0 Å². The summed E-state index contributed by atoms with van der Waals surface area (Å²) in [7, 11) is -3.49.